The summed E-state index contributed by atoms with van der Waals surface area (Å²) < 4.78 is 65.4. The lowest BCUT2D eigenvalue weighted by Gasteiger charge is -2.21. The van der Waals surface area contributed by atoms with Gasteiger partial charge in [0.15, 0.2) is 0 Å². The van der Waals surface area contributed by atoms with Crippen LogP contribution in [0.1, 0.15) is 18.4 Å². The summed E-state index contributed by atoms with van der Waals surface area (Å²) in [6.07, 6.45) is 2.29. The van der Waals surface area contributed by atoms with E-state index in [2.05, 4.69) is 14.4 Å². The Labute approximate surface area is 191 Å². The van der Waals surface area contributed by atoms with Crippen molar-refractivity contribution in [2.24, 2.45) is 0 Å². The van der Waals surface area contributed by atoms with Gasteiger partial charge in [0.2, 0.25) is 0 Å². The Morgan fingerprint density at radius 2 is 1.82 bits per heavy atom. The molecule has 1 aromatic carbocycles. The molecule has 1 saturated carbocycles. The number of benzene rings is 1. The van der Waals surface area contributed by atoms with E-state index in [1.807, 2.05) is 0 Å². The van der Waals surface area contributed by atoms with E-state index in [-0.39, 0.29) is 34.7 Å². The van der Waals surface area contributed by atoms with Crippen LogP contribution in [0.25, 0.3) is 0 Å². The summed E-state index contributed by atoms with van der Waals surface area (Å²) in [6.45, 7) is 0.0277. The molecule has 1 saturated heterocycles. The molecule has 1 aliphatic heterocycles. The van der Waals surface area contributed by atoms with Crippen LogP contribution in [0.5, 0.6) is 0 Å². The van der Waals surface area contributed by atoms with E-state index in [0.717, 1.165) is 4.90 Å². The molecule has 2 aromatic rings. The summed E-state index contributed by atoms with van der Waals surface area (Å²) in [5.41, 5.74) is -4.72. The first-order valence-corrected chi connectivity index (χ1v) is 11.9. The molecule has 1 aliphatic carbocycles. The number of anilines is 2. The number of carbonyl (C=O) groups is 2. The van der Waals surface area contributed by atoms with Crippen LogP contribution < -0.4 is 14.3 Å². The quantitative estimate of drug-likeness (QED) is 0.446. The molecular formula is C19H18F3N5O4S2. The lowest BCUT2D eigenvalue weighted by atomic mass is 10.2. The SMILES string of the molecule is CNS(=O)(=O)Nc1cc(CN2C(=O)N(c3ccc(SC(F)(F)F)cc3)C(=O)C23CC3)ccn1. The number of thioether (sulfide) groups is 1. The lowest BCUT2D eigenvalue weighted by molar-refractivity contribution is -0.120. The van der Waals surface area contributed by atoms with Gasteiger partial charge in [0.25, 0.3) is 16.1 Å². The van der Waals surface area contributed by atoms with Crippen LogP contribution in [-0.2, 0) is 21.5 Å². The number of pyridine rings is 1. The zero-order chi connectivity index (χ0) is 24.0. The molecule has 2 aliphatic rings. The number of nitrogens with one attached hydrogen (secondary N) is 2. The number of hydrogen-bond acceptors (Lipinski definition) is 6. The van der Waals surface area contributed by atoms with Crippen molar-refractivity contribution in [3.8, 4) is 0 Å². The van der Waals surface area contributed by atoms with Gasteiger partial charge in [0.1, 0.15) is 11.4 Å². The Balaban J connectivity index is 1.56. The number of imide groups is 1. The Morgan fingerprint density at radius 3 is 2.39 bits per heavy atom. The Bertz CT molecular complexity index is 1200. The number of alkyl halides is 3. The standard InChI is InChI=1S/C19H18F3N5O4S2/c1-23-33(30,31)25-15-10-12(6-9-24-15)11-26-17(29)27(16(28)18(26)7-8-18)13-2-4-14(5-3-13)32-19(20,21)22/h2-6,9-10,23H,7-8,11H2,1H3,(H,24,25). The maximum atomic E-state index is 13.2. The lowest BCUT2D eigenvalue weighted by Crippen LogP contribution is -2.36. The van der Waals surface area contributed by atoms with Gasteiger partial charge in [-0.2, -0.15) is 21.6 Å². The van der Waals surface area contributed by atoms with Gasteiger partial charge >= 0.3 is 11.5 Å². The van der Waals surface area contributed by atoms with Crippen LogP contribution in [0.15, 0.2) is 47.5 Å². The third kappa shape index (κ3) is 4.77. The van der Waals surface area contributed by atoms with Gasteiger partial charge in [-0.1, -0.05) is 0 Å². The number of rotatable bonds is 7. The minimum absolute atomic E-state index is 0.0277. The average molecular weight is 502 g/mol. The van der Waals surface area contributed by atoms with E-state index in [4.69, 9.17) is 0 Å². The molecular weight excluding hydrogens is 483 g/mol. The Morgan fingerprint density at radius 1 is 1.15 bits per heavy atom. The summed E-state index contributed by atoms with van der Waals surface area (Å²) in [4.78, 5) is 32.5. The van der Waals surface area contributed by atoms with Crippen LogP contribution in [0, 0.1) is 0 Å². The predicted octanol–water partition coefficient (Wildman–Crippen LogP) is 3.07. The summed E-state index contributed by atoms with van der Waals surface area (Å²) in [6, 6.07) is 7.48. The van der Waals surface area contributed by atoms with E-state index in [9.17, 15) is 31.2 Å². The van der Waals surface area contributed by atoms with Crippen LogP contribution >= 0.6 is 11.8 Å². The number of carbonyl (C=O) groups excluding carboxylic acids is 2. The minimum atomic E-state index is -4.44. The van der Waals surface area contributed by atoms with Crippen LogP contribution in [0.4, 0.5) is 29.5 Å². The Kier molecular flexibility index (Phi) is 5.78. The molecule has 14 heteroatoms. The monoisotopic (exact) mass is 501 g/mol. The number of halogens is 3. The summed E-state index contributed by atoms with van der Waals surface area (Å²) in [5, 5.41) is 0. The van der Waals surface area contributed by atoms with Gasteiger partial charge in [-0.25, -0.2) is 19.4 Å². The molecule has 2 N–H and O–H groups in total. The molecule has 0 unspecified atom stereocenters. The van der Waals surface area contributed by atoms with Crippen LogP contribution in [-0.4, -0.2) is 48.3 Å². The molecule has 0 radical (unpaired) electrons. The minimum Gasteiger partial charge on any atom is -0.305 e. The maximum absolute atomic E-state index is 13.2. The van der Waals surface area contributed by atoms with Gasteiger partial charge in [-0.3, -0.25) is 9.52 Å². The zero-order valence-corrected chi connectivity index (χ0v) is 18.7. The predicted molar refractivity (Wildman–Crippen MR) is 115 cm³/mol. The number of urea groups is 1. The zero-order valence-electron chi connectivity index (χ0n) is 17.1. The topological polar surface area (TPSA) is 112 Å². The van der Waals surface area contributed by atoms with Crippen molar-refractivity contribution in [1.82, 2.24) is 14.6 Å². The third-order valence-electron chi connectivity index (χ3n) is 5.26. The highest BCUT2D eigenvalue weighted by Crippen LogP contribution is 2.50. The average Bonchev–Trinajstić information content (AvgIpc) is 3.51. The number of amides is 3. The highest BCUT2D eigenvalue weighted by atomic mass is 32.2. The molecule has 2 heterocycles. The molecule has 1 spiro atoms. The normalized spacial score (nSPS) is 17.7. The molecule has 176 valence electrons. The van der Waals surface area contributed by atoms with Crippen LogP contribution in [0.3, 0.4) is 0 Å². The second kappa shape index (κ2) is 8.18. The van der Waals surface area contributed by atoms with Crippen molar-refractivity contribution in [2.45, 2.75) is 35.3 Å². The summed E-state index contributed by atoms with van der Waals surface area (Å²) in [7, 11) is -2.55. The van der Waals surface area contributed by atoms with Gasteiger partial charge in [-0.15, -0.1) is 0 Å². The first-order chi connectivity index (χ1) is 15.4. The first kappa shape index (κ1) is 23.3. The number of hydrogen-bond donors (Lipinski definition) is 2. The summed E-state index contributed by atoms with van der Waals surface area (Å²) in [5.74, 6) is -0.395. The highest BCUT2D eigenvalue weighted by Gasteiger charge is 2.65. The molecule has 0 bridgehead atoms. The van der Waals surface area contributed by atoms with Crippen molar-refractivity contribution in [1.29, 1.82) is 0 Å². The van der Waals surface area contributed by atoms with E-state index in [1.54, 1.807) is 6.07 Å². The van der Waals surface area contributed by atoms with E-state index < -0.39 is 33.2 Å². The molecule has 0 atom stereocenters. The third-order valence-corrected chi connectivity index (χ3v) is 7.02. The van der Waals surface area contributed by atoms with Gasteiger partial charge in [0, 0.05) is 24.7 Å². The molecule has 33 heavy (non-hydrogen) atoms. The number of aromatic nitrogens is 1. The second-order valence-corrected chi connectivity index (χ2v) is 10.2. The molecule has 4 rings (SSSR count). The largest absolute Gasteiger partial charge is 0.446 e. The van der Waals surface area contributed by atoms with Gasteiger partial charge < -0.3 is 4.90 Å². The molecule has 9 nitrogen and oxygen atoms in total. The smallest absolute Gasteiger partial charge is 0.305 e. The van der Waals surface area contributed by atoms with Gasteiger partial charge in [0.05, 0.1) is 5.69 Å². The van der Waals surface area contributed by atoms with Crippen molar-refractivity contribution >= 4 is 45.4 Å². The van der Waals surface area contributed by atoms with Crippen molar-refractivity contribution in [3.05, 3.63) is 48.2 Å². The fraction of sp³-hybridized carbons (Fsp3) is 0.316. The molecule has 2 fully saturated rings. The highest BCUT2D eigenvalue weighted by molar-refractivity contribution is 8.00. The van der Waals surface area contributed by atoms with Crippen LogP contribution in [0.2, 0.25) is 0 Å². The second-order valence-electron chi connectivity index (χ2n) is 7.44. The maximum Gasteiger partial charge on any atom is 0.446 e. The summed E-state index contributed by atoms with van der Waals surface area (Å²) >= 11 is -0.283. The van der Waals surface area contributed by atoms with E-state index >= 15 is 0 Å². The Hall–Kier alpha value is -2.84. The fourth-order valence-electron chi connectivity index (χ4n) is 3.56. The van der Waals surface area contributed by atoms with Gasteiger partial charge in [-0.05, 0) is 66.6 Å². The first-order valence-electron chi connectivity index (χ1n) is 9.62. The van der Waals surface area contributed by atoms with Crippen molar-refractivity contribution in [2.75, 3.05) is 16.7 Å². The van der Waals surface area contributed by atoms with Crippen molar-refractivity contribution in [3.63, 3.8) is 0 Å². The fourth-order valence-corrected chi connectivity index (χ4v) is 4.59. The van der Waals surface area contributed by atoms with E-state index in [1.165, 1.54) is 48.5 Å². The van der Waals surface area contributed by atoms with Crippen molar-refractivity contribution < 1.29 is 31.2 Å². The molecule has 3 amide bonds. The van der Waals surface area contributed by atoms with E-state index in [0.29, 0.717) is 18.4 Å². The molecule has 1 aromatic heterocycles. The number of nitrogens with zero attached hydrogens (tertiary/aromatic N) is 3.